The largest absolute Gasteiger partial charge is 0.426 e. The van der Waals surface area contributed by atoms with Gasteiger partial charge in [0.2, 0.25) is 5.60 Å². The molecule has 4 rings (SSSR count). The Morgan fingerprint density at radius 2 is 2.12 bits per heavy atom. The summed E-state index contributed by atoms with van der Waals surface area (Å²) < 4.78 is 48.7. The standard InChI is InChI=1S/C17H14ClF3N2O2/c18-11-5-6-14-13(8-11)16(17(19,20)21,25-9-10-3-4-10)12-2-1-7-23(24)15(12)22-14/h1-2,5-8,10,24H,3-4,9H2. The first-order chi connectivity index (χ1) is 11.8. The van der Waals surface area contributed by atoms with Gasteiger partial charge in [0.25, 0.3) is 0 Å². The van der Waals surface area contributed by atoms with Crippen LogP contribution < -0.4 is 0 Å². The molecule has 1 N–H and O–H groups in total. The van der Waals surface area contributed by atoms with Gasteiger partial charge in [-0.25, -0.2) is 10.1 Å². The van der Waals surface area contributed by atoms with E-state index in [2.05, 4.69) is 4.99 Å². The first-order valence-corrected chi connectivity index (χ1v) is 8.17. The summed E-state index contributed by atoms with van der Waals surface area (Å²) in [4.78, 5) is 4.18. The number of fused-ring (bicyclic) bond motifs is 2. The number of hydrogen-bond donors (Lipinski definition) is 1. The molecule has 2 aliphatic heterocycles. The molecule has 0 radical (unpaired) electrons. The summed E-state index contributed by atoms with van der Waals surface area (Å²) in [5.41, 5.74) is -3.06. The van der Waals surface area contributed by atoms with E-state index in [-0.39, 0.29) is 40.2 Å². The fraction of sp³-hybridized carbons (Fsp3) is 0.353. The normalized spacial score (nSPS) is 25.2. The minimum absolute atomic E-state index is 0.0226. The van der Waals surface area contributed by atoms with Crippen LogP contribution in [0.3, 0.4) is 0 Å². The van der Waals surface area contributed by atoms with E-state index in [1.807, 2.05) is 0 Å². The molecule has 0 saturated heterocycles. The predicted octanol–water partition coefficient (Wildman–Crippen LogP) is 4.71. The Kier molecular flexibility index (Phi) is 3.72. The highest BCUT2D eigenvalue weighted by atomic mass is 35.5. The summed E-state index contributed by atoms with van der Waals surface area (Å²) in [6, 6.07) is 4.09. The van der Waals surface area contributed by atoms with Crippen LogP contribution in [0.25, 0.3) is 0 Å². The summed E-state index contributed by atoms with van der Waals surface area (Å²) in [5.74, 6) is -0.0837. The van der Waals surface area contributed by atoms with Crippen molar-refractivity contribution in [1.82, 2.24) is 5.06 Å². The van der Waals surface area contributed by atoms with Crippen LogP contribution in [-0.2, 0) is 10.3 Å². The summed E-state index contributed by atoms with van der Waals surface area (Å²) >= 11 is 5.97. The monoisotopic (exact) mass is 370 g/mol. The minimum atomic E-state index is -4.76. The van der Waals surface area contributed by atoms with Crippen LogP contribution in [0.1, 0.15) is 18.4 Å². The third-order valence-corrected chi connectivity index (χ3v) is 4.76. The zero-order valence-corrected chi connectivity index (χ0v) is 13.7. The molecule has 2 heterocycles. The van der Waals surface area contributed by atoms with E-state index in [9.17, 15) is 18.4 Å². The van der Waals surface area contributed by atoms with Crippen molar-refractivity contribution < 1.29 is 23.1 Å². The summed E-state index contributed by atoms with van der Waals surface area (Å²) in [7, 11) is 0. The highest BCUT2D eigenvalue weighted by Crippen LogP contribution is 2.55. The maximum Gasteiger partial charge on any atom is 0.426 e. The molecule has 0 spiro atoms. The van der Waals surface area contributed by atoms with Crippen LogP contribution in [-0.4, -0.2) is 28.9 Å². The van der Waals surface area contributed by atoms with E-state index < -0.39 is 11.8 Å². The third-order valence-electron chi connectivity index (χ3n) is 4.52. The van der Waals surface area contributed by atoms with Crippen molar-refractivity contribution in [2.75, 3.05) is 6.61 Å². The second-order valence-corrected chi connectivity index (χ2v) is 6.73. The van der Waals surface area contributed by atoms with Crippen LogP contribution in [0.5, 0.6) is 0 Å². The van der Waals surface area contributed by atoms with E-state index in [1.165, 1.54) is 36.6 Å². The van der Waals surface area contributed by atoms with Gasteiger partial charge in [-0.2, -0.15) is 13.2 Å². The van der Waals surface area contributed by atoms with Gasteiger partial charge in [0.1, 0.15) is 0 Å². The number of amidine groups is 1. The van der Waals surface area contributed by atoms with Gasteiger partial charge in [-0.1, -0.05) is 17.7 Å². The van der Waals surface area contributed by atoms with Crippen LogP contribution in [0.15, 0.2) is 47.1 Å². The quantitative estimate of drug-likeness (QED) is 0.837. The molecule has 25 heavy (non-hydrogen) atoms. The van der Waals surface area contributed by atoms with Crippen molar-refractivity contribution in [2.45, 2.75) is 24.6 Å². The van der Waals surface area contributed by atoms with Crippen molar-refractivity contribution >= 4 is 23.1 Å². The van der Waals surface area contributed by atoms with E-state index >= 15 is 0 Å². The van der Waals surface area contributed by atoms with Crippen molar-refractivity contribution in [3.63, 3.8) is 0 Å². The lowest BCUT2D eigenvalue weighted by Gasteiger charge is -2.42. The number of rotatable bonds is 3. The van der Waals surface area contributed by atoms with Crippen molar-refractivity contribution in [3.8, 4) is 0 Å². The second-order valence-electron chi connectivity index (χ2n) is 6.30. The molecule has 4 nitrogen and oxygen atoms in total. The Hall–Kier alpha value is -1.83. The van der Waals surface area contributed by atoms with Crippen molar-refractivity contribution in [2.24, 2.45) is 10.9 Å². The molecule has 3 aliphatic rings. The molecule has 132 valence electrons. The van der Waals surface area contributed by atoms with Crippen LogP contribution in [0.2, 0.25) is 5.02 Å². The number of alkyl halides is 3. The molecule has 1 aliphatic carbocycles. The predicted molar refractivity (Wildman–Crippen MR) is 85.8 cm³/mol. The van der Waals surface area contributed by atoms with Crippen molar-refractivity contribution in [1.29, 1.82) is 0 Å². The molecule has 0 bridgehead atoms. The fourth-order valence-corrected chi connectivity index (χ4v) is 3.26. The topological polar surface area (TPSA) is 45.1 Å². The molecule has 0 amide bonds. The van der Waals surface area contributed by atoms with Gasteiger partial charge < -0.3 is 4.74 Å². The average molecular weight is 371 g/mol. The van der Waals surface area contributed by atoms with Gasteiger partial charge in [0.15, 0.2) is 5.84 Å². The molecular weight excluding hydrogens is 357 g/mol. The Morgan fingerprint density at radius 3 is 2.80 bits per heavy atom. The molecular formula is C17H14ClF3N2O2. The SMILES string of the molecule is ON1C=CC=C2C1=Nc1ccc(Cl)cc1C2(OCC1CC1)C(F)(F)F. The maximum absolute atomic E-state index is 14.4. The van der Waals surface area contributed by atoms with Crippen LogP contribution in [0.4, 0.5) is 18.9 Å². The zero-order valence-electron chi connectivity index (χ0n) is 12.9. The van der Waals surface area contributed by atoms with Gasteiger partial charge in [0.05, 0.1) is 12.3 Å². The fourth-order valence-electron chi connectivity index (χ4n) is 3.09. The first kappa shape index (κ1) is 16.6. The molecule has 1 aromatic carbocycles. The number of nitrogens with zero attached hydrogens (tertiary/aromatic N) is 2. The highest BCUT2D eigenvalue weighted by Gasteiger charge is 2.64. The minimum Gasteiger partial charge on any atom is -0.356 e. The van der Waals surface area contributed by atoms with Gasteiger partial charge >= 0.3 is 6.18 Å². The molecule has 0 aromatic heterocycles. The van der Waals surface area contributed by atoms with Crippen LogP contribution in [0, 0.1) is 5.92 Å². The Morgan fingerprint density at radius 1 is 1.36 bits per heavy atom. The molecule has 1 aromatic rings. The van der Waals surface area contributed by atoms with Gasteiger partial charge in [-0.3, -0.25) is 5.21 Å². The van der Waals surface area contributed by atoms with Gasteiger partial charge in [-0.05, 0) is 43.0 Å². The van der Waals surface area contributed by atoms with E-state index in [4.69, 9.17) is 16.3 Å². The molecule has 8 heteroatoms. The maximum atomic E-state index is 14.4. The number of ether oxygens (including phenoxy) is 1. The Bertz CT molecular complexity index is 815. The lowest BCUT2D eigenvalue weighted by atomic mass is 9.80. The number of halogens is 4. The van der Waals surface area contributed by atoms with E-state index in [0.717, 1.165) is 12.8 Å². The van der Waals surface area contributed by atoms with Gasteiger partial charge in [0, 0.05) is 22.4 Å². The molecule has 1 saturated carbocycles. The Balaban J connectivity index is 1.97. The second kappa shape index (κ2) is 5.59. The lowest BCUT2D eigenvalue weighted by molar-refractivity contribution is -0.268. The smallest absolute Gasteiger partial charge is 0.356 e. The lowest BCUT2D eigenvalue weighted by Crippen LogP contribution is -2.52. The number of hydroxylamine groups is 2. The third kappa shape index (κ3) is 2.58. The number of allylic oxidation sites excluding steroid dienone is 2. The highest BCUT2D eigenvalue weighted by molar-refractivity contribution is 6.30. The van der Waals surface area contributed by atoms with Gasteiger partial charge in [-0.15, -0.1) is 0 Å². The average Bonchev–Trinajstić information content (AvgIpc) is 3.36. The van der Waals surface area contributed by atoms with Crippen LogP contribution >= 0.6 is 11.6 Å². The first-order valence-electron chi connectivity index (χ1n) is 7.80. The summed E-state index contributed by atoms with van der Waals surface area (Å²) in [5, 5.41) is 10.7. The Labute approximate surface area is 146 Å². The number of aliphatic imine (C=N–C) groups is 1. The summed E-state index contributed by atoms with van der Waals surface area (Å²) in [6.07, 6.45) is 0.761. The molecule has 1 fully saturated rings. The number of benzene rings is 1. The molecule has 1 atom stereocenters. The van der Waals surface area contributed by atoms with E-state index in [0.29, 0.717) is 5.06 Å². The summed E-state index contributed by atoms with van der Waals surface area (Å²) in [6.45, 7) is -0.0226. The zero-order chi connectivity index (χ0) is 17.8. The van der Waals surface area contributed by atoms with Crippen molar-refractivity contribution in [3.05, 3.63) is 52.7 Å². The number of hydrogen-bond acceptors (Lipinski definition) is 4. The molecule has 1 unspecified atom stereocenters. The van der Waals surface area contributed by atoms with E-state index in [1.54, 1.807) is 0 Å².